The molecule has 1 heterocycles. The number of rotatable bonds is 0. The third-order valence-electron chi connectivity index (χ3n) is 2.04. The van der Waals surface area contributed by atoms with Gasteiger partial charge in [0.25, 0.3) is 0 Å². The molecule has 1 aromatic rings. The molecule has 0 aliphatic heterocycles. The van der Waals surface area contributed by atoms with Crippen LogP contribution in [0.1, 0.15) is 47.2 Å². The van der Waals surface area contributed by atoms with Gasteiger partial charge in [-0.25, -0.2) is 4.68 Å². The highest BCUT2D eigenvalue weighted by Gasteiger charge is 2.29. The second-order valence-electron chi connectivity index (χ2n) is 5.66. The number of nitrogen functional groups attached to an aromatic ring is 1. The molecule has 80 valence electrons. The highest BCUT2D eigenvalue weighted by atomic mass is 15.5. The Morgan fingerprint density at radius 1 is 1.07 bits per heavy atom. The molecule has 0 radical (unpaired) electrons. The van der Waals surface area contributed by atoms with E-state index < -0.39 is 0 Å². The summed E-state index contributed by atoms with van der Waals surface area (Å²) in [5.74, 6) is 0.535. The Bertz CT molecular complexity index is 325. The zero-order chi connectivity index (χ0) is 11.1. The Balaban J connectivity index is 3.35. The fourth-order valence-electron chi connectivity index (χ4n) is 1.46. The maximum absolute atomic E-state index is 5.83. The van der Waals surface area contributed by atoms with Gasteiger partial charge in [-0.3, -0.25) is 0 Å². The molecule has 0 aromatic carbocycles. The molecule has 4 heteroatoms. The van der Waals surface area contributed by atoms with Crippen LogP contribution in [0.15, 0.2) is 0 Å². The summed E-state index contributed by atoms with van der Waals surface area (Å²) in [4.78, 5) is 0. The molecular weight excluding hydrogens is 176 g/mol. The van der Waals surface area contributed by atoms with Crippen molar-refractivity contribution in [2.75, 3.05) is 5.73 Å². The summed E-state index contributed by atoms with van der Waals surface area (Å²) in [6.07, 6.45) is 0. The molecular formula is C10H20N4. The molecule has 0 amide bonds. The molecule has 2 N–H and O–H groups in total. The van der Waals surface area contributed by atoms with Gasteiger partial charge in [0.1, 0.15) is 0 Å². The quantitative estimate of drug-likeness (QED) is 0.689. The molecule has 0 saturated heterocycles. The SMILES string of the molecule is CC(C)(C)c1c(N)nnn1C(C)(C)C. The molecule has 14 heavy (non-hydrogen) atoms. The summed E-state index contributed by atoms with van der Waals surface area (Å²) in [7, 11) is 0. The number of nitrogens with two attached hydrogens (primary N) is 1. The fourth-order valence-corrected chi connectivity index (χ4v) is 1.46. The van der Waals surface area contributed by atoms with Gasteiger partial charge in [-0.05, 0) is 20.8 Å². The molecule has 0 fully saturated rings. The van der Waals surface area contributed by atoms with Crippen molar-refractivity contribution in [1.29, 1.82) is 0 Å². The van der Waals surface area contributed by atoms with E-state index in [1.54, 1.807) is 0 Å². The van der Waals surface area contributed by atoms with E-state index in [0.29, 0.717) is 5.82 Å². The lowest BCUT2D eigenvalue weighted by Gasteiger charge is -2.27. The monoisotopic (exact) mass is 196 g/mol. The van der Waals surface area contributed by atoms with Crippen LogP contribution in [-0.2, 0) is 11.0 Å². The Labute approximate surface area is 85.5 Å². The molecule has 0 saturated carbocycles. The van der Waals surface area contributed by atoms with Crippen molar-refractivity contribution < 1.29 is 0 Å². The molecule has 4 nitrogen and oxygen atoms in total. The van der Waals surface area contributed by atoms with Crippen LogP contribution in [0.5, 0.6) is 0 Å². The van der Waals surface area contributed by atoms with Gasteiger partial charge >= 0.3 is 0 Å². The van der Waals surface area contributed by atoms with Crippen molar-refractivity contribution in [3.05, 3.63) is 5.69 Å². The van der Waals surface area contributed by atoms with Gasteiger partial charge in [0.05, 0.1) is 11.2 Å². The van der Waals surface area contributed by atoms with Crippen LogP contribution in [-0.4, -0.2) is 15.0 Å². The van der Waals surface area contributed by atoms with Crippen molar-refractivity contribution >= 4 is 5.82 Å². The highest BCUT2D eigenvalue weighted by molar-refractivity contribution is 5.38. The predicted octanol–water partition coefficient (Wildman–Crippen LogP) is 1.91. The van der Waals surface area contributed by atoms with Gasteiger partial charge in [0, 0.05) is 5.41 Å². The molecule has 0 atom stereocenters. The summed E-state index contributed by atoms with van der Waals surface area (Å²) in [5, 5.41) is 8.04. The minimum atomic E-state index is -0.0762. The van der Waals surface area contributed by atoms with E-state index in [2.05, 4.69) is 51.9 Å². The maximum Gasteiger partial charge on any atom is 0.169 e. The maximum atomic E-state index is 5.83. The van der Waals surface area contributed by atoms with Crippen molar-refractivity contribution in [1.82, 2.24) is 15.0 Å². The first-order valence-corrected chi connectivity index (χ1v) is 4.86. The van der Waals surface area contributed by atoms with Crippen LogP contribution in [0.25, 0.3) is 0 Å². The van der Waals surface area contributed by atoms with E-state index in [4.69, 9.17) is 5.73 Å². The van der Waals surface area contributed by atoms with E-state index in [0.717, 1.165) is 5.69 Å². The molecule has 0 aliphatic rings. The summed E-state index contributed by atoms with van der Waals surface area (Å²) < 4.78 is 1.91. The van der Waals surface area contributed by atoms with Crippen LogP contribution in [0.2, 0.25) is 0 Å². The Morgan fingerprint density at radius 3 is 1.86 bits per heavy atom. The Kier molecular flexibility index (Phi) is 2.34. The molecule has 0 unspecified atom stereocenters. The van der Waals surface area contributed by atoms with Crippen molar-refractivity contribution in [3.8, 4) is 0 Å². The van der Waals surface area contributed by atoms with Gasteiger partial charge in [-0.2, -0.15) is 0 Å². The third kappa shape index (κ3) is 1.89. The Morgan fingerprint density at radius 2 is 1.57 bits per heavy atom. The molecule has 0 bridgehead atoms. The fraction of sp³-hybridized carbons (Fsp3) is 0.800. The van der Waals surface area contributed by atoms with Crippen molar-refractivity contribution in [2.45, 2.75) is 52.5 Å². The van der Waals surface area contributed by atoms with Gasteiger partial charge in [-0.15, -0.1) is 5.10 Å². The second-order valence-corrected chi connectivity index (χ2v) is 5.66. The number of aromatic nitrogens is 3. The third-order valence-corrected chi connectivity index (χ3v) is 2.04. The van der Waals surface area contributed by atoms with E-state index >= 15 is 0 Å². The van der Waals surface area contributed by atoms with E-state index in [9.17, 15) is 0 Å². The van der Waals surface area contributed by atoms with Gasteiger partial charge < -0.3 is 5.73 Å². The lowest BCUT2D eigenvalue weighted by molar-refractivity contribution is 0.316. The summed E-state index contributed by atoms with van der Waals surface area (Å²) in [5.41, 5.74) is 6.73. The lowest BCUT2D eigenvalue weighted by atomic mass is 9.90. The minimum Gasteiger partial charge on any atom is -0.381 e. The number of anilines is 1. The normalized spacial score (nSPS) is 13.3. The molecule has 1 rings (SSSR count). The van der Waals surface area contributed by atoms with Crippen LogP contribution in [0.4, 0.5) is 5.82 Å². The van der Waals surface area contributed by atoms with Crippen LogP contribution >= 0.6 is 0 Å². The van der Waals surface area contributed by atoms with E-state index in [-0.39, 0.29) is 11.0 Å². The van der Waals surface area contributed by atoms with Gasteiger partial charge in [-0.1, -0.05) is 26.0 Å². The number of hydrogen-bond donors (Lipinski definition) is 1. The standard InChI is InChI=1S/C10H20N4/c1-9(2,3)7-8(11)12-13-14(7)10(4,5)6/h11H2,1-6H3. The predicted molar refractivity (Wildman–Crippen MR) is 58.1 cm³/mol. The smallest absolute Gasteiger partial charge is 0.169 e. The number of hydrogen-bond acceptors (Lipinski definition) is 3. The first-order valence-electron chi connectivity index (χ1n) is 4.86. The summed E-state index contributed by atoms with van der Waals surface area (Å²) >= 11 is 0. The van der Waals surface area contributed by atoms with Crippen LogP contribution < -0.4 is 5.73 Å². The zero-order valence-electron chi connectivity index (χ0n) is 9.92. The molecule has 0 spiro atoms. The minimum absolute atomic E-state index is 0.0269. The van der Waals surface area contributed by atoms with E-state index in [1.165, 1.54) is 0 Å². The van der Waals surface area contributed by atoms with Crippen molar-refractivity contribution in [2.24, 2.45) is 0 Å². The first kappa shape index (κ1) is 11.0. The van der Waals surface area contributed by atoms with Gasteiger partial charge in [0.2, 0.25) is 0 Å². The Hall–Kier alpha value is -1.06. The lowest BCUT2D eigenvalue weighted by Crippen LogP contribution is -2.30. The van der Waals surface area contributed by atoms with Crippen molar-refractivity contribution in [3.63, 3.8) is 0 Å². The highest BCUT2D eigenvalue weighted by Crippen LogP contribution is 2.29. The van der Waals surface area contributed by atoms with E-state index in [1.807, 2.05) is 4.68 Å². The summed E-state index contributed by atoms with van der Waals surface area (Å²) in [6, 6.07) is 0. The zero-order valence-corrected chi connectivity index (χ0v) is 9.92. The largest absolute Gasteiger partial charge is 0.381 e. The topological polar surface area (TPSA) is 56.7 Å². The average Bonchev–Trinajstić information content (AvgIpc) is 2.27. The van der Waals surface area contributed by atoms with Gasteiger partial charge in [0.15, 0.2) is 5.82 Å². The average molecular weight is 196 g/mol. The second kappa shape index (κ2) is 2.97. The van der Waals surface area contributed by atoms with Crippen LogP contribution in [0, 0.1) is 0 Å². The summed E-state index contributed by atoms with van der Waals surface area (Å²) in [6.45, 7) is 12.6. The van der Waals surface area contributed by atoms with Crippen LogP contribution in [0.3, 0.4) is 0 Å². The molecule has 1 aromatic heterocycles. The molecule has 0 aliphatic carbocycles. The number of nitrogens with zero attached hydrogens (tertiary/aromatic N) is 3. The first-order chi connectivity index (χ1) is 6.14.